The first-order valence-corrected chi connectivity index (χ1v) is 7.31. The highest BCUT2D eigenvalue weighted by Crippen LogP contribution is 2.15. The van der Waals surface area contributed by atoms with E-state index >= 15 is 0 Å². The summed E-state index contributed by atoms with van der Waals surface area (Å²) in [5.41, 5.74) is 5.51. The molecule has 0 saturated carbocycles. The molecule has 0 radical (unpaired) electrons. The van der Waals surface area contributed by atoms with E-state index < -0.39 is 5.54 Å². The van der Waals surface area contributed by atoms with Crippen LogP contribution in [-0.2, 0) is 4.74 Å². The van der Waals surface area contributed by atoms with Crippen LogP contribution < -0.4 is 5.73 Å². The minimum absolute atomic E-state index is 0.0647. The number of hydrogen-bond donors (Lipinski definition) is 2. The Hall–Kier alpha value is -0.160. The molecule has 1 rings (SSSR count). The van der Waals surface area contributed by atoms with Crippen molar-refractivity contribution in [2.45, 2.75) is 57.6 Å². The number of piperidine rings is 1. The van der Waals surface area contributed by atoms with Crippen molar-refractivity contribution < 1.29 is 9.84 Å². The number of aliphatic hydroxyl groups excluding tert-OH is 1. The van der Waals surface area contributed by atoms with Crippen LogP contribution in [0.2, 0.25) is 0 Å². The maximum atomic E-state index is 9.11. The van der Waals surface area contributed by atoms with Crippen LogP contribution in [0.15, 0.2) is 0 Å². The van der Waals surface area contributed by atoms with Gasteiger partial charge in [-0.15, -0.1) is 0 Å². The quantitative estimate of drug-likeness (QED) is 0.690. The first kappa shape index (κ1) is 15.9. The normalized spacial score (nSPS) is 25.0. The average Bonchev–Trinajstić information content (AvgIpc) is 2.37. The molecule has 0 aromatic rings. The second-order valence-electron chi connectivity index (χ2n) is 5.85. The van der Waals surface area contributed by atoms with Gasteiger partial charge < -0.3 is 20.5 Å². The van der Waals surface area contributed by atoms with Gasteiger partial charge >= 0.3 is 0 Å². The summed E-state index contributed by atoms with van der Waals surface area (Å²) in [7, 11) is 0. The van der Waals surface area contributed by atoms with Gasteiger partial charge in [0.05, 0.1) is 12.7 Å². The lowest BCUT2D eigenvalue weighted by Gasteiger charge is -2.33. The molecule has 18 heavy (non-hydrogen) atoms. The van der Waals surface area contributed by atoms with Crippen molar-refractivity contribution in [1.29, 1.82) is 0 Å². The largest absolute Gasteiger partial charge is 0.394 e. The molecule has 0 spiro atoms. The van der Waals surface area contributed by atoms with E-state index in [1.165, 1.54) is 19.4 Å². The fourth-order valence-electron chi connectivity index (χ4n) is 2.42. The summed E-state index contributed by atoms with van der Waals surface area (Å²) in [6.45, 7) is 8.30. The summed E-state index contributed by atoms with van der Waals surface area (Å²) in [4.78, 5) is 2.47. The highest BCUT2D eigenvalue weighted by Gasteiger charge is 2.21. The Morgan fingerprint density at radius 2 is 2.28 bits per heavy atom. The lowest BCUT2D eigenvalue weighted by Crippen LogP contribution is -2.43. The monoisotopic (exact) mass is 258 g/mol. The van der Waals surface area contributed by atoms with Crippen molar-refractivity contribution in [3.05, 3.63) is 0 Å². The van der Waals surface area contributed by atoms with Gasteiger partial charge in [0.25, 0.3) is 0 Å². The van der Waals surface area contributed by atoms with E-state index in [0.717, 1.165) is 39.0 Å². The van der Waals surface area contributed by atoms with Crippen molar-refractivity contribution in [3.63, 3.8) is 0 Å². The Morgan fingerprint density at radius 1 is 1.50 bits per heavy atom. The van der Waals surface area contributed by atoms with Crippen LogP contribution >= 0.6 is 0 Å². The molecule has 2 unspecified atom stereocenters. The number of aliphatic hydroxyl groups is 1. The molecule has 4 nitrogen and oxygen atoms in total. The molecule has 0 aliphatic carbocycles. The SMILES string of the molecule is CCCOC1CCCN(CCCC(C)(N)CO)C1. The van der Waals surface area contributed by atoms with Crippen LogP contribution in [0.25, 0.3) is 0 Å². The van der Waals surface area contributed by atoms with Gasteiger partial charge in [-0.2, -0.15) is 0 Å². The molecule has 1 heterocycles. The van der Waals surface area contributed by atoms with Gasteiger partial charge in [0.1, 0.15) is 0 Å². The van der Waals surface area contributed by atoms with Gasteiger partial charge in [-0.05, 0) is 52.1 Å². The minimum atomic E-state index is -0.423. The molecule has 2 atom stereocenters. The first-order valence-electron chi connectivity index (χ1n) is 7.31. The summed E-state index contributed by atoms with van der Waals surface area (Å²) >= 11 is 0. The zero-order chi connectivity index (χ0) is 13.4. The Labute approximate surface area is 111 Å². The summed E-state index contributed by atoms with van der Waals surface area (Å²) in [6.07, 6.45) is 5.86. The zero-order valence-corrected chi connectivity index (χ0v) is 12.0. The van der Waals surface area contributed by atoms with Gasteiger partial charge in [0.2, 0.25) is 0 Å². The summed E-state index contributed by atoms with van der Waals surface area (Å²) in [5, 5.41) is 9.11. The standard InChI is InChI=1S/C14H30N2O2/c1-3-10-18-13-6-4-8-16(11-13)9-5-7-14(2,15)12-17/h13,17H,3-12,15H2,1-2H3. The van der Waals surface area contributed by atoms with E-state index in [-0.39, 0.29) is 6.61 Å². The topological polar surface area (TPSA) is 58.7 Å². The molecule has 108 valence electrons. The predicted octanol–water partition coefficient (Wildman–Crippen LogP) is 1.37. The van der Waals surface area contributed by atoms with Crippen LogP contribution in [0, 0.1) is 0 Å². The van der Waals surface area contributed by atoms with Gasteiger partial charge in [-0.25, -0.2) is 0 Å². The van der Waals surface area contributed by atoms with E-state index in [9.17, 15) is 0 Å². The molecule has 1 aliphatic rings. The van der Waals surface area contributed by atoms with Crippen LogP contribution in [0.4, 0.5) is 0 Å². The van der Waals surface area contributed by atoms with Crippen LogP contribution in [0.1, 0.15) is 46.0 Å². The number of nitrogens with two attached hydrogens (primary N) is 1. The Bertz CT molecular complexity index is 222. The van der Waals surface area contributed by atoms with E-state index in [1.807, 2.05) is 6.92 Å². The molecule has 0 aromatic heterocycles. The molecular formula is C14H30N2O2. The van der Waals surface area contributed by atoms with Gasteiger partial charge in [-0.3, -0.25) is 0 Å². The van der Waals surface area contributed by atoms with Crippen LogP contribution in [0.5, 0.6) is 0 Å². The second-order valence-corrected chi connectivity index (χ2v) is 5.85. The fraction of sp³-hybridized carbons (Fsp3) is 1.00. The molecule has 0 bridgehead atoms. The maximum Gasteiger partial charge on any atom is 0.0702 e. The summed E-state index contributed by atoms with van der Waals surface area (Å²) < 4.78 is 5.82. The van der Waals surface area contributed by atoms with E-state index in [2.05, 4.69) is 11.8 Å². The van der Waals surface area contributed by atoms with Gasteiger partial charge in [-0.1, -0.05) is 6.92 Å². The molecule has 1 saturated heterocycles. The molecule has 1 aliphatic heterocycles. The second kappa shape index (κ2) is 8.10. The third kappa shape index (κ3) is 6.14. The van der Waals surface area contributed by atoms with Crippen molar-refractivity contribution in [3.8, 4) is 0 Å². The molecular weight excluding hydrogens is 228 g/mol. The van der Waals surface area contributed by atoms with Crippen molar-refractivity contribution in [2.24, 2.45) is 5.73 Å². The van der Waals surface area contributed by atoms with Gasteiger partial charge in [0, 0.05) is 18.7 Å². The molecule has 3 N–H and O–H groups in total. The van der Waals surface area contributed by atoms with E-state index in [1.54, 1.807) is 0 Å². The minimum Gasteiger partial charge on any atom is -0.394 e. The lowest BCUT2D eigenvalue weighted by molar-refractivity contribution is -0.000814. The fourth-order valence-corrected chi connectivity index (χ4v) is 2.42. The van der Waals surface area contributed by atoms with Crippen LogP contribution in [0.3, 0.4) is 0 Å². The van der Waals surface area contributed by atoms with E-state index in [4.69, 9.17) is 15.6 Å². The van der Waals surface area contributed by atoms with Crippen molar-refractivity contribution in [2.75, 3.05) is 32.8 Å². The molecule has 0 aromatic carbocycles. The summed E-state index contributed by atoms with van der Waals surface area (Å²) in [6, 6.07) is 0. The Kier molecular flexibility index (Phi) is 7.15. The van der Waals surface area contributed by atoms with Crippen molar-refractivity contribution in [1.82, 2.24) is 4.90 Å². The highest BCUT2D eigenvalue weighted by molar-refractivity contribution is 4.79. The van der Waals surface area contributed by atoms with E-state index in [0.29, 0.717) is 6.10 Å². The Morgan fingerprint density at radius 3 is 2.94 bits per heavy atom. The van der Waals surface area contributed by atoms with Crippen LogP contribution in [-0.4, -0.2) is 54.5 Å². The third-order valence-corrected chi connectivity index (χ3v) is 3.60. The number of likely N-dealkylation sites (tertiary alicyclic amines) is 1. The zero-order valence-electron chi connectivity index (χ0n) is 12.0. The number of ether oxygens (including phenoxy) is 1. The number of rotatable bonds is 8. The predicted molar refractivity (Wildman–Crippen MR) is 74.6 cm³/mol. The molecule has 1 fully saturated rings. The van der Waals surface area contributed by atoms with Gasteiger partial charge in [0.15, 0.2) is 0 Å². The highest BCUT2D eigenvalue weighted by atomic mass is 16.5. The average molecular weight is 258 g/mol. The number of nitrogens with zero attached hydrogens (tertiary/aromatic N) is 1. The Balaban J connectivity index is 2.18. The smallest absolute Gasteiger partial charge is 0.0702 e. The number of hydrogen-bond acceptors (Lipinski definition) is 4. The first-order chi connectivity index (χ1) is 8.57. The third-order valence-electron chi connectivity index (χ3n) is 3.60. The molecule has 4 heteroatoms. The van der Waals surface area contributed by atoms with Crippen molar-refractivity contribution >= 4 is 0 Å². The summed E-state index contributed by atoms with van der Waals surface area (Å²) in [5.74, 6) is 0. The molecule has 0 amide bonds. The maximum absolute atomic E-state index is 9.11. The lowest BCUT2D eigenvalue weighted by atomic mass is 9.98.